The van der Waals surface area contributed by atoms with Crippen molar-refractivity contribution in [3.8, 4) is 0 Å². The van der Waals surface area contributed by atoms with Crippen LogP contribution in [0.4, 0.5) is 23.0 Å². The molecule has 42 heavy (non-hydrogen) atoms. The minimum atomic E-state index is -0.0179. The highest BCUT2D eigenvalue weighted by atomic mass is 16.5. The van der Waals surface area contributed by atoms with Crippen LogP contribution in [0.1, 0.15) is 51.4 Å². The second-order valence-electron chi connectivity index (χ2n) is 9.07. The number of unbranched alkanes of at least 4 members (excludes halogenated alkanes) is 4. The van der Waals surface area contributed by atoms with Crippen LogP contribution in [-0.4, -0.2) is 75.2 Å². The monoisotopic (exact) mass is 588 g/mol. The Bertz CT molecular complexity index is 1010. The molecule has 232 valence electrons. The fraction of sp³-hybridized carbons (Fsp3) is 0.500. The molecule has 2 amide bonds. The van der Waals surface area contributed by atoms with Crippen molar-refractivity contribution in [1.82, 2.24) is 9.97 Å². The van der Waals surface area contributed by atoms with Crippen molar-refractivity contribution in [3.05, 3.63) is 36.7 Å². The van der Waals surface area contributed by atoms with Gasteiger partial charge in [-0.3, -0.25) is 21.1 Å². The Hall–Kier alpha value is -4.62. The van der Waals surface area contributed by atoms with E-state index in [1.807, 2.05) is 25.2 Å². The van der Waals surface area contributed by atoms with E-state index in [1.54, 1.807) is 25.5 Å². The number of aromatic nitrogens is 2. The summed E-state index contributed by atoms with van der Waals surface area (Å²) < 4.78 is 9.57. The normalized spacial score (nSPS) is 11.0. The SMILES string of the molecule is CNc1ccc(NC(=O)CCCCC[NH+]=C(N)OC)cn1.CNc1ccc(NC(=O)CCCCC[NH+]=C(N)OC)nc1. The van der Waals surface area contributed by atoms with Crippen LogP contribution in [0.5, 0.6) is 0 Å². The van der Waals surface area contributed by atoms with Crippen LogP contribution in [-0.2, 0) is 19.1 Å². The summed E-state index contributed by atoms with van der Waals surface area (Å²) in [6.45, 7) is 1.49. The van der Waals surface area contributed by atoms with Gasteiger partial charge in [0.05, 0.1) is 51.1 Å². The Balaban J connectivity index is 0.000000420. The van der Waals surface area contributed by atoms with E-state index in [4.69, 9.17) is 20.9 Å². The maximum atomic E-state index is 11.7. The molecule has 0 aliphatic rings. The number of rotatable bonds is 16. The fourth-order valence-corrected chi connectivity index (χ4v) is 3.40. The van der Waals surface area contributed by atoms with Crippen molar-refractivity contribution in [3.63, 3.8) is 0 Å². The highest BCUT2D eigenvalue weighted by Crippen LogP contribution is 2.11. The molecule has 0 aromatic carbocycles. The van der Waals surface area contributed by atoms with Crippen molar-refractivity contribution in [1.29, 1.82) is 0 Å². The largest absolute Gasteiger partial charge is 0.439 e. The lowest BCUT2D eigenvalue weighted by molar-refractivity contribution is -0.469. The number of methoxy groups -OCH3 is 2. The molecule has 0 unspecified atom stereocenters. The number of nitrogens with two attached hydrogens (primary N) is 2. The van der Waals surface area contributed by atoms with Gasteiger partial charge < -0.3 is 30.7 Å². The number of amides is 2. The first-order chi connectivity index (χ1) is 20.3. The van der Waals surface area contributed by atoms with E-state index in [0.29, 0.717) is 36.4 Å². The van der Waals surface area contributed by atoms with E-state index in [2.05, 4.69) is 41.2 Å². The van der Waals surface area contributed by atoms with Gasteiger partial charge in [0, 0.05) is 26.9 Å². The first-order valence-electron chi connectivity index (χ1n) is 14.0. The molecule has 2 heterocycles. The van der Waals surface area contributed by atoms with Gasteiger partial charge in [-0.1, -0.05) is 0 Å². The minimum absolute atomic E-state index is 0.00457. The maximum Gasteiger partial charge on any atom is 0.439 e. The number of ether oxygens (including phenoxy) is 2. The van der Waals surface area contributed by atoms with E-state index in [0.717, 1.165) is 63.1 Å². The lowest BCUT2D eigenvalue weighted by atomic mass is 10.2. The van der Waals surface area contributed by atoms with Crippen LogP contribution in [0.15, 0.2) is 36.7 Å². The molecule has 2 aromatic heterocycles. The average molecular weight is 589 g/mol. The number of nitrogens with one attached hydrogen (secondary N) is 6. The zero-order chi connectivity index (χ0) is 31.0. The quantitative estimate of drug-likeness (QED) is 0.0705. The molecule has 0 radical (unpaired) electrons. The highest BCUT2D eigenvalue weighted by Gasteiger charge is 2.05. The summed E-state index contributed by atoms with van der Waals surface area (Å²) in [7, 11) is 6.66. The molecule has 0 saturated heterocycles. The molecule has 0 saturated carbocycles. The van der Waals surface area contributed by atoms with Crippen molar-refractivity contribution >= 4 is 46.9 Å². The first kappa shape index (κ1) is 35.4. The van der Waals surface area contributed by atoms with Crippen LogP contribution in [0, 0.1) is 0 Å². The van der Waals surface area contributed by atoms with Gasteiger partial charge in [0.2, 0.25) is 11.8 Å². The van der Waals surface area contributed by atoms with Gasteiger partial charge in [0.1, 0.15) is 11.6 Å². The van der Waals surface area contributed by atoms with Crippen LogP contribution < -0.4 is 42.7 Å². The van der Waals surface area contributed by atoms with Gasteiger partial charge in [-0.05, 0) is 62.8 Å². The lowest BCUT2D eigenvalue weighted by Crippen LogP contribution is -2.76. The summed E-state index contributed by atoms with van der Waals surface area (Å²) in [5, 5.41) is 11.5. The first-order valence-corrected chi connectivity index (χ1v) is 14.0. The molecule has 2 rings (SSSR count). The summed E-state index contributed by atoms with van der Waals surface area (Å²) in [5.41, 5.74) is 12.5. The summed E-state index contributed by atoms with van der Waals surface area (Å²) >= 11 is 0. The zero-order valence-corrected chi connectivity index (χ0v) is 25.2. The number of carbonyl (C=O) groups excluding carboxylic acids is 2. The van der Waals surface area contributed by atoms with Gasteiger partial charge >= 0.3 is 12.0 Å². The molecule has 14 nitrogen and oxygen atoms in total. The zero-order valence-electron chi connectivity index (χ0n) is 25.2. The number of amidine groups is 2. The van der Waals surface area contributed by atoms with E-state index in [9.17, 15) is 9.59 Å². The van der Waals surface area contributed by atoms with Crippen molar-refractivity contribution < 1.29 is 29.0 Å². The number of hydrogen-bond donors (Lipinski definition) is 8. The second-order valence-corrected chi connectivity index (χ2v) is 9.07. The number of hydrogen-bond acceptors (Lipinski definition) is 8. The Labute approximate surface area is 248 Å². The third-order valence-electron chi connectivity index (χ3n) is 5.82. The maximum absolute atomic E-state index is 11.7. The van der Waals surface area contributed by atoms with E-state index < -0.39 is 0 Å². The Morgan fingerprint density at radius 2 is 1.19 bits per heavy atom. The Morgan fingerprint density at radius 1 is 0.690 bits per heavy atom. The van der Waals surface area contributed by atoms with Crippen molar-refractivity contribution in [2.45, 2.75) is 51.4 Å². The summed E-state index contributed by atoms with van der Waals surface area (Å²) in [5.74, 6) is 1.33. The van der Waals surface area contributed by atoms with Gasteiger partial charge in [0.25, 0.3) is 0 Å². The van der Waals surface area contributed by atoms with Crippen LogP contribution in [0.2, 0.25) is 0 Å². The summed E-state index contributed by atoms with van der Waals surface area (Å²) in [6, 6.07) is 7.93. The Kier molecular flexibility index (Phi) is 18.6. The molecule has 14 heteroatoms. The van der Waals surface area contributed by atoms with Crippen molar-refractivity contribution in [2.75, 3.05) is 62.7 Å². The van der Waals surface area contributed by atoms with Gasteiger partial charge in [-0.25, -0.2) is 20.0 Å². The number of pyridine rings is 2. The highest BCUT2D eigenvalue weighted by molar-refractivity contribution is 5.90. The molecular formula is C28H48N10O4+2. The summed E-state index contributed by atoms with van der Waals surface area (Å²) in [4.78, 5) is 37.6. The van der Waals surface area contributed by atoms with Gasteiger partial charge in [-0.2, -0.15) is 0 Å². The topological polar surface area (TPSA) is 206 Å². The predicted molar refractivity (Wildman–Crippen MR) is 166 cm³/mol. The molecule has 2 aromatic rings. The van der Waals surface area contributed by atoms with Crippen LogP contribution in [0.3, 0.4) is 0 Å². The van der Waals surface area contributed by atoms with E-state index in [-0.39, 0.29) is 11.8 Å². The molecule has 10 N–H and O–H groups in total. The Morgan fingerprint density at radius 3 is 1.64 bits per heavy atom. The third kappa shape index (κ3) is 17.2. The van der Waals surface area contributed by atoms with Crippen molar-refractivity contribution in [2.24, 2.45) is 11.5 Å². The standard InChI is InChI=1S/2C14H23N5O2/c1-16-12-8-7-11(10-18-12)19-13(20)6-4-3-5-9-17-14(15)21-2;1-16-11-7-8-12(18-10-11)19-13(20)6-4-3-5-9-17-14(15)21-2/h7-8,10H,3-6,9H2,1-2H3,(H2,15,17)(H,16,18)(H,19,20);7-8,10,16H,3-6,9H2,1-2H3,(H2,15,17)(H,18,19,20)/p+2. The smallest absolute Gasteiger partial charge is 0.435 e. The van der Waals surface area contributed by atoms with E-state index >= 15 is 0 Å². The minimum Gasteiger partial charge on any atom is -0.435 e. The van der Waals surface area contributed by atoms with E-state index in [1.165, 1.54) is 14.2 Å². The molecule has 0 bridgehead atoms. The molecule has 0 fully saturated rings. The van der Waals surface area contributed by atoms with Gasteiger partial charge in [0.15, 0.2) is 0 Å². The predicted octanol–water partition coefficient (Wildman–Crippen LogP) is -0.672. The van der Waals surface area contributed by atoms with Crippen LogP contribution in [0.25, 0.3) is 0 Å². The second kappa shape index (κ2) is 22.1. The molecule has 0 aliphatic carbocycles. The fourth-order valence-electron chi connectivity index (χ4n) is 3.40. The number of carbonyl (C=O) groups is 2. The molecular weight excluding hydrogens is 540 g/mol. The number of anilines is 4. The third-order valence-corrected chi connectivity index (χ3v) is 5.82. The average Bonchev–Trinajstić information content (AvgIpc) is 3.01. The lowest BCUT2D eigenvalue weighted by Gasteiger charge is -2.05. The molecule has 0 atom stereocenters. The molecule has 0 aliphatic heterocycles. The summed E-state index contributed by atoms with van der Waals surface area (Å²) in [6.07, 6.45) is 9.74. The molecule has 0 spiro atoms. The van der Waals surface area contributed by atoms with Crippen LogP contribution >= 0.6 is 0 Å². The van der Waals surface area contributed by atoms with Gasteiger partial charge in [-0.15, -0.1) is 0 Å². The number of nitrogens with zero attached hydrogens (tertiary/aromatic N) is 2.